The molecule has 0 fully saturated rings. The van der Waals surface area contributed by atoms with Crippen LogP contribution in [0.2, 0.25) is 0 Å². The van der Waals surface area contributed by atoms with Crippen molar-refractivity contribution < 1.29 is 14.2 Å². The first-order chi connectivity index (χ1) is 12.6. The molecule has 5 nitrogen and oxygen atoms in total. The van der Waals surface area contributed by atoms with Gasteiger partial charge in [-0.05, 0) is 52.2 Å². The number of rotatable bonds is 3. The number of hydrogen-bond donors (Lipinski definition) is 0. The molecule has 4 rings (SSSR count). The summed E-state index contributed by atoms with van der Waals surface area (Å²) in [5.74, 6) is 3.09. The number of hydrogen-bond acceptors (Lipinski definition) is 5. The van der Waals surface area contributed by atoms with Gasteiger partial charge in [-0.1, -0.05) is 24.4 Å². The predicted octanol–water partition coefficient (Wildman–Crippen LogP) is 4.20. The number of nitrogens with zero attached hydrogens (tertiary/aromatic N) is 2. The van der Waals surface area contributed by atoms with E-state index in [-0.39, 0.29) is 5.92 Å². The summed E-state index contributed by atoms with van der Waals surface area (Å²) >= 11 is 9.03. The van der Waals surface area contributed by atoms with Crippen LogP contribution in [-0.2, 0) is 6.42 Å². The molecule has 2 aromatic carbocycles. The number of thiocarbonyl (C=S) groups is 1. The fourth-order valence-electron chi connectivity index (χ4n) is 3.02. The van der Waals surface area contributed by atoms with Gasteiger partial charge in [0.1, 0.15) is 10.7 Å². The van der Waals surface area contributed by atoms with E-state index in [0.717, 1.165) is 21.3 Å². The van der Waals surface area contributed by atoms with Crippen molar-refractivity contribution in [2.75, 3.05) is 14.2 Å². The summed E-state index contributed by atoms with van der Waals surface area (Å²) < 4.78 is 17.6. The summed E-state index contributed by atoms with van der Waals surface area (Å²) in [7, 11) is 3.25. The highest BCUT2D eigenvalue weighted by molar-refractivity contribution is 9.10. The second kappa shape index (κ2) is 6.81. The van der Waals surface area contributed by atoms with Crippen molar-refractivity contribution in [3.05, 3.63) is 52.0 Å². The third-order valence-corrected chi connectivity index (χ3v) is 5.34. The van der Waals surface area contributed by atoms with Gasteiger partial charge < -0.3 is 14.2 Å². The van der Waals surface area contributed by atoms with E-state index in [2.05, 4.69) is 25.9 Å². The molecule has 2 aliphatic rings. The van der Waals surface area contributed by atoms with Crippen LogP contribution in [0.4, 0.5) is 0 Å². The Bertz CT molecular complexity index is 971. The van der Waals surface area contributed by atoms with E-state index < -0.39 is 0 Å². The first-order valence-electron chi connectivity index (χ1n) is 7.99. The van der Waals surface area contributed by atoms with Crippen LogP contribution in [0, 0.1) is 5.92 Å². The second-order valence-corrected chi connectivity index (χ2v) is 7.15. The molecule has 2 heterocycles. The summed E-state index contributed by atoms with van der Waals surface area (Å²) in [6.45, 7) is 0. The number of aliphatic imine (C=N–C) groups is 2. The lowest BCUT2D eigenvalue weighted by Gasteiger charge is -2.29. The summed E-state index contributed by atoms with van der Waals surface area (Å²) in [6.07, 6.45) is 0.702. The molecule has 0 spiro atoms. The summed E-state index contributed by atoms with van der Waals surface area (Å²) in [5.41, 5.74) is 1.88. The summed E-state index contributed by atoms with van der Waals surface area (Å²) in [6, 6.07) is 11.5. The monoisotopic (exact) mass is 430 g/mol. The minimum atomic E-state index is -0.130. The predicted molar refractivity (Wildman–Crippen MR) is 108 cm³/mol. The Morgan fingerprint density at radius 2 is 1.92 bits per heavy atom. The van der Waals surface area contributed by atoms with Crippen LogP contribution < -0.4 is 14.2 Å². The van der Waals surface area contributed by atoms with Crippen molar-refractivity contribution in [1.29, 1.82) is 0 Å². The summed E-state index contributed by atoms with van der Waals surface area (Å²) in [5, 5.41) is 0. The molecule has 0 amide bonds. The van der Waals surface area contributed by atoms with Gasteiger partial charge in [0.05, 0.1) is 24.6 Å². The lowest BCUT2D eigenvalue weighted by molar-refractivity contribution is 0.379. The Hall–Kier alpha value is -2.25. The van der Waals surface area contributed by atoms with Gasteiger partial charge in [-0.2, -0.15) is 4.99 Å². The van der Waals surface area contributed by atoms with Crippen LogP contribution in [0.5, 0.6) is 17.2 Å². The Morgan fingerprint density at radius 3 is 2.65 bits per heavy atom. The van der Waals surface area contributed by atoms with Crippen LogP contribution in [-0.4, -0.2) is 30.9 Å². The van der Waals surface area contributed by atoms with E-state index in [9.17, 15) is 0 Å². The molecule has 2 aromatic rings. The average molecular weight is 431 g/mol. The quantitative estimate of drug-likeness (QED) is 0.684. The van der Waals surface area contributed by atoms with Crippen LogP contribution >= 0.6 is 28.1 Å². The molecule has 0 radical (unpaired) electrons. The van der Waals surface area contributed by atoms with Gasteiger partial charge in [0.2, 0.25) is 5.90 Å². The molecule has 0 saturated carbocycles. The fraction of sp³-hybridized carbons (Fsp3) is 0.211. The van der Waals surface area contributed by atoms with Crippen molar-refractivity contribution in [2.45, 2.75) is 6.42 Å². The van der Waals surface area contributed by atoms with Gasteiger partial charge in [0.15, 0.2) is 17.3 Å². The SMILES string of the molecule is COc1ccc(C2=NC(=S)C3Cc4cccc(OC)c4OC3=N2)cc1Br. The molecule has 0 bridgehead atoms. The van der Waals surface area contributed by atoms with Crippen molar-refractivity contribution >= 4 is 44.9 Å². The minimum absolute atomic E-state index is 0.130. The third-order valence-electron chi connectivity index (χ3n) is 4.35. The van der Waals surface area contributed by atoms with Crippen molar-refractivity contribution in [2.24, 2.45) is 15.9 Å². The molecule has 132 valence electrons. The standard InChI is InChI=1S/C19H15BrN2O3S/c1-23-14-7-6-11(9-13(14)20)17-21-18-12(19(26)22-17)8-10-4-3-5-15(24-2)16(10)25-18/h3-7,9,12H,8H2,1-2H3. The third kappa shape index (κ3) is 2.91. The maximum absolute atomic E-state index is 6.08. The minimum Gasteiger partial charge on any atom is -0.496 e. The highest BCUT2D eigenvalue weighted by atomic mass is 79.9. The number of amidine groups is 1. The van der Waals surface area contributed by atoms with E-state index in [4.69, 9.17) is 26.4 Å². The average Bonchev–Trinajstić information content (AvgIpc) is 2.66. The first kappa shape index (κ1) is 17.2. The lowest BCUT2D eigenvalue weighted by Crippen LogP contribution is -2.36. The van der Waals surface area contributed by atoms with Gasteiger partial charge in [0.25, 0.3) is 0 Å². The number of halogens is 1. The number of ether oxygens (including phenoxy) is 3. The Morgan fingerprint density at radius 1 is 1.12 bits per heavy atom. The molecule has 0 aromatic heterocycles. The molecular formula is C19H15BrN2O3S. The zero-order valence-electron chi connectivity index (χ0n) is 14.2. The van der Waals surface area contributed by atoms with Crippen LogP contribution in [0.3, 0.4) is 0 Å². The van der Waals surface area contributed by atoms with Gasteiger partial charge in [-0.15, -0.1) is 0 Å². The smallest absolute Gasteiger partial charge is 0.207 e. The number of para-hydroxylation sites is 1. The Labute approximate surface area is 164 Å². The highest BCUT2D eigenvalue weighted by Crippen LogP contribution is 2.38. The molecular weight excluding hydrogens is 416 g/mol. The maximum Gasteiger partial charge on any atom is 0.207 e. The largest absolute Gasteiger partial charge is 0.496 e. The van der Waals surface area contributed by atoms with Gasteiger partial charge in [-0.25, -0.2) is 4.99 Å². The molecule has 2 aliphatic heterocycles. The van der Waals surface area contributed by atoms with E-state index in [1.54, 1.807) is 14.2 Å². The normalized spacial score (nSPS) is 18.1. The zero-order chi connectivity index (χ0) is 18.3. The number of methoxy groups -OCH3 is 2. The highest BCUT2D eigenvalue weighted by Gasteiger charge is 2.34. The molecule has 7 heteroatoms. The first-order valence-corrected chi connectivity index (χ1v) is 9.19. The summed E-state index contributed by atoms with van der Waals surface area (Å²) in [4.78, 5) is 9.75. The fourth-order valence-corrected chi connectivity index (χ4v) is 3.83. The van der Waals surface area contributed by atoms with E-state index in [1.807, 2.05) is 36.4 Å². The molecule has 1 unspecified atom stereocenters. The molecule has 0 saturated heterocycles. The molecule has 0 aliphatic carbocycles. The second-order valence-electron chi connectivity index (χ2n) is 5.88. The Balaban J connectivity index is 1.73. The molecule has 0 N–H and O–H groups in total. The van der Waals surface area contributed by atoms with E-state index in [0.29, 0.717) is 34.6 Å². The zero-order valence-corrected chi connectivity index (χ0v) is 16.6. The van der Waals surface area contributed by atoms with Crippen LogP contribution in [0.25, 0.3) is 0 Å². The Kier molecular flexibility index (Phi) is 4.50. The number of benzene rings is 2. The van der Waals surface area contributed by atoms with Crippen LogP contribution in [0.1, 0.15) is 11.1 Å². The van der Waals surface area contributed by atoms with E-state index in [1.165, 1.54) is 0 Å². The van der Waals surface area contributed by atoms with Crippen molar-refractivity contribution in [1.82, 2.24) is 0 Å². The van der Waals surface area contributed by atoms with Crippen LogP contribution in [0.15, 0.2) is 50.9 Å². The van der Waals surface area contributed by atoms with Crippen molar-refractivity contribution in [3.8, 4) is 17.2 Å². The van der Waals surface area contributed by atoms with Gasteiger partial charge >= 0.3 is 0 Å². The van der Waals surface area contributed by atoms with E-state index >= 15 is 0 Å². The topological polar surface area (TPSA) is 52.4 Å². The number of fused-ring (bicyclic) bond motifs is 2. The molecule has 26 heavy (non-hydrogen) atoms. The van der Waals surface area contributed by atoms with Gasteiger partial charge in [-0.3, -0.25) is 0 Å². The molecule has 1 atom stereocenters. The van der Waals surface area contributed by atoms with Gasteiger partial charge in [0, 0.05) is 5.56 Å². The lowest BCUT2D eigenvalue weighted by atomic mass is 9.94. The maximum atomic E-state index is 6.08. The van der Waals surface area contributed by atoms with Crippen molar-refractivity contribution in [3.63, 3.8) is 0 Å².